The third-order valence-electron chi connectivity index (χ3n) is 2.71. The van der Waals surface area contributed by atoms with Crippen molar-refractivity contribution < 1.29 is 9.90 Å². The second kappa shape index (κ2) is 6.87. The van der Waals surface area contributed by atoms with Crippen LogP contribution >= 0.6 is 31.9 Å². The maximum Gasteiger partial charge on any atom is 0.271 e. The monoisotopic (exact) mass is 410 g/mol. The van der Waals surface area contributed by atoms with Gasteiger partial charge in [-0.2, -0.15) is 5.10 Å². The lowest BCUT2D eigenvalue weighted by Gasteiger charge is -2.03. The van der Waals surface area contributed by atoms with Crippen molar-refractivity contribution >= 4 is 44.0 Å². The molecule has 0 aliphatic rings. The number of halogens is 2. The minimum atomic E-state index is -0.302. The molecule has 2 aromatic carbocycles. The molecule has 2 aromatic rings. The van der Waals surface area contributed by atoms with Crippen LogP contribution < -0.4 is 5.43 Å². The number of hydrogen-bond acceptors (Lipinski definition) is 3. The van der Waals surface area contributed by atoms with Crippen LogP contribution in [0.5, 0.6) is 5.75 Å². The number of hydrazone groups is 1. The SMILES string of the molecule is Cc1cccc(C(=O)N/N=C/c2cc(Br)cc(Br)c2O)c1. The summed E-state index contributed by atoms with van der Waals surface area (Å²) in [6.45, 7) is 1.91. The van der Waals surface area contributed by atoms with Crippen molar-refractivity contribution in [2.24, 2.45) is 5.10 Å². The molecule has 0 radical (unpaired) electrons. The van der Waals surface area contributed by atoms with E-state index in [2.05, 4.69) is 42.4 Å². The van der Waals surface area contributed by atoms with E-state index < -0.39 is 0 Å². The van der Waals surface area contributed by atoms with Crippen LogP contribution in [0.2, 0.25) is 0 Å². The lowest BCUT2D eigenvalue weighted by molar-refractivity contribution is 0.0955. The predicted octanol–water partition coefficient (Wildman–Crippen LogP) is 3.99. The molecule has 0 bridgehead atoms. The summed E-state index contributed by atoms with van der Waals surface area (Å²) < 4.78 is 1.34. The number of phenols is 1. The molecule has 0 fully saturated rings. The second-order valence-electron chi connectivity index (χ2n) is 4.39. The molecule has 2 rings (SSSR count). The highest BCUT2D eigenvalue weighted by molar-refractivity contribution is 9.11. The van der Waals surface area contributed by atoms with Crippen LogP contribution in [0.3, 0.4) is 0 Å². The average Bonchev–Trinajstić information content (AvgIpc) is 2.43. The van der Waals surface area contributed by atoms with Crippen molar-refractivity contribution in [2.75, 3.05) is 0 Å². The number of hydrogen-bond donors (Lipinski definition) is 2. The molecule has 2 N–H and O–H groups in total. The van der Waals surface area contributed by atoms with Crippen LogP contribution in [-0.4, -0.2) is 17.2 Å². The molecule has 0 saturated carbocycles. The molecule has 0 heterocycles. The summed E-state index contributed by atoms with van der Waals surface area (Å²) >= 11 is 6.56. The van der Waals surface area contributed by atoms with E-state index in [1.807, 2.05) is 19.1 Å². The van der Waals surface area contributed by atoms with E-state index >= 15 is 0 Å². The van der Waals surface area contributed by atoms with Gasteiger partial charge in [-0.05, 0) is 47.1 Å². The van der Waals surface area contributed by atoms with Gasteiger partial charge in [-0.1, -0.05) is 33.6 Å². The van der Waals surface area contributed by atoms with E-state index in [1.54, 1.807) is 24.3 Å². The predicted molar refractivity (Wildman–Crippen MR) is 89.7 cm³/mol. The van der Waals surface area contributed by atoms with E-state index in [9.17, 15) is 9.90 Å². The maximum absolute atomic E-state index is 11.9. The first-order valence-corrected chi connectivity index (χ1v) is 7.64. The van der Waals surface area contributed by atoms with Gasteiger partial charge in [0.15, 0.2) is 0 Å². The number of nitrogens with one attached hydrogen (secondary N) is 1. The topological polar surface area (TPSA) is 61.7 Å². The van der Waals surface area contributed by atoms with Crippen LogP contribution in [0, 0.1) is 6.92 Å². The highest BCUT2D eigenvalue weighted by Gasteiger charge is 2.06. The largest absolute Gasteiger partial charge is 0.506 e. The van der Waals surface area contributed by atoms with Gasteiger partial charge in [0.1, 0.15) is 5.75 Å². The zero-order valence-electron chi connectivity index (χ0n) is 11.1. The Labute approximate surface area is 139 Å². The molecular formula is C15H12Br2N2O2. The van der Waals surface area contributed by atoms with Crippen molar-refractivity contribution in [3.63, 3.8) is 0 Å². The number of rotatable bonds is 3. The summed E-state index contributed by atoms with van der Waals surface area (Å²) in [6, 6.07) is 10.6. The van der Waals surface area contributed by atoms with Crippen molar-refractivity contribution in [3.8, 4) is 5.75 Å². The normalized spacial score (nSPS) is 10.8. The number of amides is 1. The molecule has 4 nitrogen and oxygen atoms in total. The number of benzene rings is 2. The smallest absolute Gasteiger partial charge is 0.271 e. The Balaban J connectivity index is 2.11. The molecule has 1 amide bonds. The third-order valence-corrected chi connectivity index (χ3v) is 3.77. The van der Waals surface area contributed by atoms with Crippen LogP contribution in [0.4, 0.5) is 0 Å². The summed E-state index contributed by atoms with van der Waals surface area (Å²) in [7, 11) is 0. The van der Waals surface area contributed by atoms with Gasteiger partial charge in [0, 0.05) is 15.6 Å². The van der Waals surface area contributed by atoms with E-state index in [0.717, 1.165) is 10.0 Å². The molecule has 0 aliphatic carbocycles. The minimum Gasteiger partial charge on any atom is -0.506 e. The Bertz CT molecular complexity index is 715. The first-order valence-electron chi connectivity index (χ1n) is 6.05. The number of aromatic hydroxyl groups is 1. The molecule has 0 atom stereocenters. The molecule has 21 heavy (non-hydrogen) atoms. The highest BCUT2D eigenvalue weighted by Crippen LogP contribution is 2.30. The third kappa shape index (κ3) is 4.15. The number of aryl methyl sites for hydroxylation is 1. The quantitative estimate of drug-likeness (QED) is 0.592. The fourth-order valence-electron chi connectivity index (χ4n) is 1.70. The summed E-state index contributed by atoms with van der Waals surface area (Å²) in [5.41, 5.74) is 4.45. The molecule has 0 saturated heterocycles. The van der Waals surface area contributed by atoms with E-state index in [0.29, 0.717) is 15.6 Å². The Morgan fingerprint density at radius 2 is 2.05 bits per heavy atom. The summed E-state index contributed by atoms with van der Waals surface area (Å²) in [6.07, 6.45) is 1.39. The number of phenolic OH excluding ortho intramolecular Hbond substituents is 1. The van der Waals surface area contributed by atoms with Crippen LogP contribution in [0.1, 0.15) is 21.5 Å². The molecule has 0 spiro atoms. The van der Waals surface area contributed by atoms with Gasteiger partial charge >= 0.3 is 0 Å². The van der Waals surface area contributed by atoms with Gasteiger partial charge in [0.2, 0.25) is 0 Å². The highest BCUT2D eigenvalue weighted by atomic mass is 79.9. The molecule has 6 heteroatoms. The van der Waals surface area contributed by atoms with E-state index in [4.69, 9.17) is 0 Å². The Morgan fingerprint density at radius 3 is 2.76 bits per heavy atom. The second-order valence-corrected chi connectivity index (χ2v) is 6.16. The number of nitrogens with zero attached hydrogens (tertiary/aromatic N) is 1. The van der Waals surface area contributed by atoms with Crippen LogP contribution in [-0.2, 0) is 0 Å². The summed E-state index contributed by atoms with van der Waals surface area (Å²) in [4.78, 5) is 11.9. The zero-order valence-corrected chi connectivity index (χ0v) is 14.3. The standard InChI is InChI=1S/C15H12Br2N2O2/c1-9-3-2-4-10(5-9)15(21)19-18-8-11-6-12(16)7-13(17)14(11)20/h2-8,20H,1H3,(H,19,21)/b18-8+. The van der Waals surface area contributed by atoms with Crippen molar-refractivity contribution in [3.05, 3.63) is 62.0 Å². The molecule has 0 unspecified atom stereocenters. The first kappa shape index (κ1) is 15.7. The van der Waals surface area contributed by atoms with Crippen molar-refractivity contribution in [1.82, 2.24) is 5.43 Å². The Kier molecular flexibility index (Phi) is 5.14. The van der Waals surface area contributed by atoms with Gasteiger partial charge in [0.25, 0.3) is 5.91 Å². The van der Waals surface area contributed by atoms with Crippen molar-refractivity contribution in [1.29, 1.82) is 0 Å². The van der Waals surface area contributed by atoms with Crippen LogP contribution in [0.25, 0.3) is 0 Å². The molecule has 0 aromatic heterocycles. The van der Waals surface area contributed by atoms with Gasteiger partial charge < -0.3 is 5.11 Å². The summed E-state index contributed by atoms with van der Waals surface area (Å²) in [5.74, 6) is -0.241. The van der Waals surface area contributed by atoms with E-state index in [-0.39, 0.29) is 11.7 Å². The number of carbonyl (C=O) groups excluding carboxylic acids is 1. The van der Waals surface area contributed by atoms with Gasteiger partial charge in [-0.3, -0.25) is 4.79 Å². The Hall–Kier alpha value is -1.66. The van der Waals surface area contributed by atoms with E-state index in [1.165, 1.54) is 6.21 Å². The lowest BCUT2D eigenvalue weighted by Crippen LogP contribution is -2.17. The Morgan fingerprint density at radius 1 is 1.29 bits per heavy atom. The summed E-state index contributed by atoms with van der Waals surface area (Å²) in [5, 5.41) is 13.7. The van der Waals surface area contributed by atoms with Crippen molar-refractivity contribution in [2.45, 2.75) is 6.92 Å². The lowest BCUT2D eigenvalue weighted by atomic mass is 10.1. The maximum atomic E-state index is 11.9. The molecule has 108 valence electrons. The zero-order chi connectivity index (χ0) is 15.4. The minimum absolute atomic E-state index is 0.0618. The first-order chi connectivity index (χ1) is 9.97. The average molecular weight is 412 g/mol. The van der Waals surface area contributed by atoms with Gasteiger partial charge in [-0.15, -0.1) is 0 Å². The molecular weight excluding hydrogens is 400 g/mol. The van der Waals surface area contributed by atoms with Gasteiger partial charge in [0.05, 0.1) is 10.7 Å². The number of carbonyl (C=O) groups is 1. The fraction of sp³-hybridized carbons (Fsp3) is 0.0667. The fourth-order valence-corrected chi connectivity index (χ4v) is 2.95. The van der Waals surface area contributed by atoms with Crippen LogP contribution in [0.15, 0.2) is 50.4 Å². The molecule has 0 aliphatic heterocycles. The van der Waals surface area contributed by atoms with Gasteiger partial charge in [-0.25, -0.2) is 5.43 Å².